The fraction of sp³-hybridized carbons (Fsp3) is 0.0769. The number of hydrogen-bond donors (Lipinski definition) is 2. The summed E-state index contributed by atoms with van der Waals surface area (Å²) in [6, 6.07) is 7.02. The third-order valence-electron chi connectivity index (χ3n) is 2.82. The van der Waals surface area contributed by atoms with Gasteiger partial charge in [-0.15, -0.1) is 10.2 Å². The second kappa shape index (κ2) is 5.56. The van der Waals surface area contributed by atoms with Crippen LogP contribution in [0.1, 0.15) is 0 Å². The highest BCUT2D eigenvalue weighted by Crippen LogP contribution is 2.20. The Kier molecular flexibility index (Phi) is 3.44. The third-order valence-corrected chi connectivity index (χ3v) is 2.82. The standard InChI is InChI=1S/C13H11N7O2/c1-14-12-16-10-9(11(21)18-12)15-13(17-10)20-19-7-3-5-8(22-2)6-4-7/h3-6H,1H2,2H3,(H2,15,16,17,18,21). The predicted molar refractivity (Wildman–Crippen MR) is 80.9 cm³/mol. The lowest BCUT2D eigenvalue weighted by Crippen LogP contribution is -2.06. The van der Waals surface area contributed by atoms with E-state index in [0.717, 1.165) is 5.75 Å². The van der Waals surface area contributed by atoms with Gasteiger partial charge >= 0.3 is 0 Å². The normalized spacial score (nSPS) is 11.1. The van der Waals surface area contributed by atoms with Crippen molar-refractivity contribution < 1.29 is 4.74 Å². The van der Waals surface area contributed by atoms with Gasteiger partial charge < -0.3 is 9.72 Å². The van der Waals surface area contributed by atoms with Crippen LogP contribution in [0.2, 0.25) is 0 Å². The van der Waals surface area contributed by atoms with Crippen LogP contribution in [-0.4, -0.2) is 33.8 Å². The number of azo groups is 1. The van der Waals surface area contributed by atoms with Crippen molar-refractivity contribution in [2.75, 3.05) is 7.11 Å². The molecule has 3 rings (SSSR count). The van der Waals surface area contributed by atoms with Crippen LogP contribution in [0, 0.1) is 0 Å². The molecule has 0 amide bonds. The lowest BCUT2D eigenvalue weighted by molar-refractivity contribution is 0.415. The van der Waals surface area contributed by atoms with Gasteiger partial charge in [0, 0.05) is 0 Å². The molecule has 0 fully saturated rings. The van der Waals surface area contributed by atoms with E-state index in [4.69, 9.17) is 4.74 Å². The SMILES string of the molecule is C=Nc1nc2nc(N=Nc3ccc(OC)cc3)[nH]c2c(=O)[nH]1. The second-order valence-electron chi connectivity index (χ2n) is 4.20. The first kappa shape index (κ1) is 13.6. The molecule has 0 bridgehead atoms. The van der Waals surface area contributed by atoms with E-state index in [-0.39, 0.29) is 23.1 Å². The number of methoxy groups -OCH3 is 1. The summed E-state index contributed by atoms with van der Waals surface area (Å²) in [5.41, 5.74) is 0.633. The van der Waals surface area contributed by atoms with Crippen molar-refractivity contribution in [3.05, 3.63) is 34.6 Å². The van der Waals surface area contributed by atoms with E-state index in [9.17, 15) is 4.79 Å². The Morgan fingerprint density at radius 1 is 1.09 bits per heavy atom. The van der Waals surface area contributed by atoms with Gasteiger partial charge in [0.1, 0.15) is 5.75 Å². The number of H-pyrrole nitrogens is 2. The fourth-order valence-electron chi connectivity index (χ4n) is 1.76. The molecule has 9 nitrogen and oxygen atoms in total. The van der Waals surface area contributed by atoms with E-state index >= 15 is 0 Å². The molecule has 2 heterocycles. The van der Waals surface area contributed by atoms with Crippen LogP contribution in [0.5, 0.6) is 5.75 Å². The highest BCUT2D eigenvalue weighted by Gasteiger charge is 2.08. The highest BCUT2D eigenvalue weighted by atomic mass is 16.5. The summed E-state index contributed by atoms with van der Waals surface area (Å²) in [4.78, 5) is 28.6. The molecule has 0 spiro atoms. The van der Waals surface area contributed by atoms with E-state index in [0.29, 0.717) is 5.69 Å². The van der Waals surface area contributed by atoms with E-state index < -0.39 is 5.56 Å². The van der Waals surface area contributed by atoms with Crippen LogP contribution in [0.15, 0.2) is 44.3 Å². The van der Waals surface area contributed by atoms with E-state index in [1.165, 1.54) is 0 Å². The van der Waals surface area contributed by atoms with Crippen molar-refractivity contribution in [3.8, 4) is 5.75 Å². The molecule has 1 aromatic carbocycles. The minimum atomic E-state index is -0.397. The molecule has 0 aliphatic heterocycles. The molecule has 0 saturated heterocycles. The summed E-state index contributed by atoms with van der Waals surface area (Å²) in [6.45, 7) is 3.30. The molecular formula is C13H11N7O2. The molecule has 0 aliphatic carbocycles. The molecule has 110 valence electrons. The summed E-state index contributed by atoms with van der Waals surface area (Å²) in [5.74, 6) is 0.996. The van der Waals surface area contributed by atoms with Gasteiger partial charge in [-0.2, -0.15) is 9.97 Å². The summed E-state index contributed by atoms with van der Waals surface area (Å²) < 4.78 is 5.06. The number of nitrogens with zero attached hydrogens (tertiary/aromatic N) is 5. The van der Waals surface area contributed by atoms with E-state index in [1.54, 1.807) is 31.4 Å². The Balaban J connectivity index is 1.93. The maximum absolute atomic E-state index is 11.8. The van der Waals surface area contributed by atoms with E-state index in [1.807, 2.05) is 0 Å². The molecule has 0 aliphatic rings. The molecule has 0 radical (unpaired) electrons. The quantitative estimate of drug-likeness (QED) is 0.567. The largest absolute Gasteiger partial charge is 0.497 e. The number of rotatable bonds is 4. The summed E-state index contributed by atoms with van der Waals surface area (Å²) in [6.07, 6.45) is 0. The Labute approximate surface area is 123 Å². The monoisotopic (exact) mass is 297 g/mol. The number of fused-ring (bicyclic) bond motifs is 1. The fourth-order valence-corrected chi connectivity index (χ4v) is 1.76. The molecule has 22 heavy (non-hydrogen) atoms. The third kappa shape index (κ3) is 2.59. The summed E-state index contributed by atoms with van der Waals surface area (Å²) >= 11 is 0. The minimum Gasteiger partial charge on any atom is -0.497 e. The van der Waals surface area contributed by atoms with Gasteiger partial charge in [0.05, 0.1) is 12.8 Å². The zero-order valence-corrected chi connectivity index (χ0v) is 11.6. The van der Waals surface area contributed by atoms with Gasteiger partial charge in [0.2, 0.25) is 11.9 Å². The van der Waals surface area contributed by atoms with Crippen molar-refractivity contribution in [1.82, 2.24) is 19.9 Å². The van der Waals surface area contributed by atoms with E-state index in [2.05, 4.69) is 41.9 Å². The molecule has 0 saturated carbocycles. The van der Waals surface area contributed by atoms with Gasteiger partial charge in [0.15, 0.2) is 11.2 Å². The summed E-state index contributed by atoms with van der Waals surface area (Å²) in [5, 5.41) is 7.96. The van der Waals surface area contributed by atoms with Gasteiger partial charge in [-0.3, -0.25) is 9.78 Å². The average molecular weight is 297 g/mol. The van der Waals surface area contributed by atoms with Gasteiger partial charge in [-0.25, -0.2) is 4.99 Å². The average Bonchev–Trinajstić information content (AvgIpc) is 2.97. The van der Waals surface area contributed by atoms with Crippen LogP contribution in [0.3, 0.4) is 0 Å². The Morgan fingerprint density at radius 2 is 1.82 bits per heavy atom. The topological polar surface area (TPSA) is 121 Å². The molecular weight excluding hydrogens is 286 g/mol. The Morgan fingerprint density at radius 3 is 2.50 bits per heavy atom. The number of hydrogen-bond acceptors (Lipinski definition) is 7. The van der Waals surface area contributed by atoms with Gasteiger partial charge in [-0.1, -0.05) is 0 Å². The van der Waals surface area contributed by atoms with Crippen LogP contribution >= 0.6 is 0 Å². The first-order chi connectivity index (χ1) is 10.7. The second-order valence-corrected chi connectivity index (χ2v) is 4.20. The van der Waals surface area contributed by atoms with Crippen LogP contribution < -0.4 is 10.3 Å². The smallest absolute Gasteiger partial charge is 0.278 e. The number of aromatic amines is 2. The van der Waals surface area contributed by atoms with Gasteiger partial charge in [-0.05, 0) is 31.0 Å². The number of benzene rings is 1. The Bertz CT molecular complexity index is 908. The van der Waals surface area contributed by atoms with Crippen LogP contribution in [0.4, 0.5) is 17.6 Å². The minimum absolute atomic E-state index is 0.0997. The molecule has 2 aromatic heterocycles. The maximum Gasteiger partial charge on any atom is 0.278 e. The number of aromatic nitrogens is 4. The van der Waals surface area contributed by atoms with Crippen LogP contribution in [-0.2, 0) is 0 Å². The summed E-state index contributed by atoms with van der Waals surface area (Å²) in [7, 11) is 1.59. The van der Waals surface area contributed by atoms with Crippen molar-refractivity contribution in [2.24, 2.45) is 15.2 Å². The molecule has 0 unspecified atom stereocenters. The number of ether oxygens (including phenoxy) is 1. The molecule has 9 heteroatoms. The number of aliphatic imine (C=N–C) groups is 1. The van der Waals surface area contributed by atoms with Crippen LogP contribution in [0.25, 0.3) is 11.2 Å². The first-order valence-electron chi connectivity index (χ1n) is 6.22. The first-order valence-corrected chi connectivity index (χ1v) is 6.22. The number of imidazole rings is 1. The Hall–Kier alpha value is -3.36. The van der Waals surface area contributed by atoms with Crippen molar-refractivity contribution in [1.29, 1.82) is 0 Å². The predicted octanol–water partition coefficient (Wildman–Crippen LogP) is 2.40. The van der Waals surface area contributed by atoms with Crippen molar-refractivity contribution in [2.45, 2.75) is 0 Å². The lowest BCUT2D eigenvalue weighted by atomic mass is 10.3. The van der Waals surface area contributed by atoms with Crippen molar-refractivity contribution >= 4 is 35.5 Å². The maximum atomic E-state index is 11.8. The zero-order chi connectivity index (χ0) is 15.5. The molecule has 0 atom stereocenters. The number of nitrogens with one attached hydrogen (secondary N) is 2. The highest BCUT2D eigenvalue weighted by molar-refractivity contribution is 5.72. The lowest BCUT2D eigenvalue weighted by Gasteiger charge is -1.97. The van der Waals surface area contributed by atoms with Crippen molar-refractivity contribution in [3.63, 3.8) is 0 Å². The molecule has 2 N–H and O–H groups in total. The van der Waals surface area contributed by atoms with Gasteiger partial charge in [0.25, 0.3) is 5.56 Å². The molecule has 3 aromatic rings. The zero-order valence-electron chi connectivity index (χ0n) is 11.6.